The van der Waals surface area contributed by atoms with Crippen molar-refractivity contribution in [3.05, 3.63) is 72.1 Å². The highest BCUT2D eigenvalue weighted by Crippen LogP contribution is 2.41. The fourth-order valence-corrected chi connectivity index (χ4v) is 5.38. The number of aryl methyl sites for hydroxylation is 1. The van der Waals surface area contributed by atoms with Crippen molar-refractivity contribution in [3.63, 3.8) is 0 Å². The van der Waals surface area contributed by atoms with Crippen LogP contribution in [0.3, 0.4) is 0 Å². The Kier molecular flexibility index (Phi) is 6.15. The maximum absolute atomic E-state index is 12.9. The average Bonchev–Trinajstić information content (AvgIpc) is 3.54. The van der Waals surface area contributed by atoms with Crippen LogP contribution in [0.5, 0.6) is 0 Å². The molecule has 0 bridgehead atoms. The molecule has 3 N–H and O–H groups in total. The fraction of sp³-hybridized carbons (Fsp3) is 0.267. The predicted molar refractivity (Wildman–Crippen MR) is 149 cm³/mol. The topological polar surface area (TPSA) is 106 Å². The van der Waals surface area contributed by atoms with E-state index >= 15 is 0 Å². The van der Waals surface area contributed by atoms with Crippen LogP contribution < -0.4 is 11.1 Å². The Labute approximate surface area is 221 Å². The van der Waals surface area contributed by atoms with Crippen molar-refractivity contribution in [3.8, 4) is 22.4 Å². The molecule has 1 aliphatic carbocycles. The first kappa shape index (κ1) is 23.9. The number of hydrogen-bond donors (Lipinski definition) is 2. The summed E-state index contributed by atoms with van der Waals surface area (Å²) in [5.74, 6) is 0.377. The quantitative estimate of drug-likeness (QED) is 0.363. The molecule has 0 radical (unpaired) electrons. The van der Waals surface area contributed by atoms with Crippen LogP contribution in [0.2, 0.25) is 0 Å². The van der Waals surface area contributed by atoms with E-state index in [2.05, 4.69) is 15.3 Å². The molecule has 1 saturated heterocycles. The summed E-state index contributed by atoms with van der Waals surface area (Å²) in [5.41, 5.74) is 13.4. The molecule has 0 atom stereocenters. The van der Waals surface area contributed by atoms with Gasteiger partial charge in [0.1, 0.15) is 17.8 Å². The van der Waals surface area contributed by atoms with Gasteiger partial charge in [0.15, 0.2) is 0 Å². The van der Waals surface area contributed by atoms with E-state index in [0.29, 0.717) is 11.4 Å². The highest BCUT2D eigenvalue weighted by atomic mass is 16.2. The lowest BCUT2D eigenvalue weighted by Gasteiger charge is -2.16. The number of nitrogens with zero attached hydrogens (tertiary/aromatic N) is 4. The van der Waals surface area contributed by atoms with Gasteiger partial charge in [-0.25, -0.2) is 9.97 Å². The zero-order valence-electron chi connectivity index (χ0n) is 21.4. The first-order valence-electron chi connectivity index (χ1n) is 13.1. The van der Waals surface area contributed by atoms with Crippen LogP contribution in [0.15, 0.2) is 66.5 Å². The van der Waals surface area contributed by atoms with Crippen molar-refractivity contribution < 1.29 is 9.59 Å². The molecule has 192 valence electrons. The Bertz CT molecular complexity index is 1560. The molecule has 3 heterocycles. The van der Waals surface area contributed by atoms with Crippen molar-refractivity contribution >= 4 is 34.4 Å². The molecule has 2 fully saturated rings. The highest BCUT2D eigenvalue weighted by molar-refractivity contribution is 6.08. The van der Waals surface area contributed by atoms with Crippen LogP contribution in [-0.4, -0.2) is 44.3 Å². The summed E-state index contributed by atoms with van der Waals surface area (Å²) in [4.78, 5) is 35.9. The van der Waals surface area contributed by atoms with Crippen molar-refractivity contribution in [2.75, 3.05) is 24.1 Å². The van der Waals surface area contributed by atoms with Gasteiger partial charge < -0.3 is 20.5 Å². The number of carbonyl (C=O) groups is 2. The van der Waals surface area contributed by atoms with Gasteiger partial charge in [-0.15, -0.1) is 0 Å². The van der Waals surface area contributed by atoms with E-state index in [0.717, 1.165) is 84.3 Å². The lowest BCUT2D eigenvalue weighted by Crippen LogP contribution is -2.27. The van der Waals surface area contributed by atoms with Crippen LogP contribution in [0, 0.1) is 0 Å². The number of anilines is 2. The van der Waals surface area contributed by atoms with Gasteiger partial charge >= 0.3 is 0 Å². The van der Waals surface area contributed by atoms with E-state index < -0.39 is 0 Å². The van der Waals surface area contributed by atoms with Crippen LogP contribution in [0.25, 0.3) is 33.4 Å². The van der Waals surface area contributed by atoms with Gasteiger partial charge in [0.25, 0.3) is 5.91 Å². The third-order valence-corrected chi connectivity index (χ3v) is 7.57. The van der Waals surface area contributed by atoms with Crippen LogP contribution in [0.4, 0.5) is 11.5 Å². The summed E-state index contributed by atoms with van der Waals surface area (Å²) in [7, 11) is 1.96. The number of amides is 2. The summed E-state index contributed by atoms with van der Waals surface area (Å²) < 4.78 is 2.01. The van der Waals surface area contributed by atoms with Crippen LogP contribution in [-0.2, 0) is 11.8 Å². The van der Waals surface area contributed by atoms with E-state index in [4.69, 9.17) is 5.73 Å². The Morgan fingerprint density at radius 1 is 0.921 bits per heavy atom. The number of carbonyl (C=O) groups excluding carboxylic acids is 2. The van der Waals surface area contributed by atoms with E-state index in [-0.39, 0.29) is 11.8 Å². The standard InChI is InChI=1S/C30H30N6O2/c1-35-27(21-11-13-23(14-12-21)34-24(37)17-19-5-4-6-19)25(26-28(31)32-18-33-29(26)35)20-7-9-22(10-8-20)30(38)36-15-2-3-16-36/h7-14,17-18H,2-6,15-16H2,1H3,(H,34,37)(H2,31,32,33). The maximum Gasteiger partial charge on any atom is 0.253 e. The predicted octanol–water partition coefficient (Wildman–Crippen LogP) is 5.17. The minimum atomic E-state index is -0.0932. The number of allylic oxidation sites excluding steroid dienone is 1. The van der Waals surface area contributed by atoms with E-state index in [1.54, 1.807) is 6.08 Å². The fourth-order valence-electron chi connectivity index (χ4n) is 5.38. The highest BCUT2D eigenvalue weighted by Gasteiger charge is 2.23. The molecule has 2 aromatic carbocycles. The second kappa shape index (κ2) is 9.78. The number of aromatic nitrogens is 3. The normalized spacial score (nSPS) is 15.0. The van der Waals surface area contributed by atoms with Gasteiger partial charge in [-0.1, -0.05) is 29.8 Å². The monoisotopic (exact) mass is 506 g/mol. The molecule has 2 aliphatic rings. The second-order valence-corrected chi connectivity index (χ2v) is 10.0. The summed E-state index contributed by atoms with van der Waals surface area (Å²) in [6, 6.07) is 15.5. The number of likely N-dealkylation sites (tertiary alicyclic amines) is 1. The first-order chi connectivity index (χ1) is 18.5. The number of nitrogens with one attached hydrogen (secondary N) is 1. The lowest BCUT2D eigenvalue weighted by atomic mass is 9.92. The van der Waals surface area contributed by atoms with E-state index in [1.807, 2.05) is 65.0 Å². The molecule has 1 aliphatic heterocycles. The third-order valence-electron chi connectivity index (χ3n) is 7.57. The van der Waals surface area contributed by atoms with Gasteiger partial charge in [-0.05, 0) is 67.5 Å². The SMILES string of the molecule is Cn1c(-c2ccc(NC(=O)C=C3CCC3)cc2)c(-c2ccc(C(=O)N3CCCC3)cc2)c2c(N)ncnc21. The summed E-state index contributed by atoms with van der Waals surface area (Å²) in [5, 5.41) is 3.73. The van der Waals surface area contributed by atoms with Crippen LogP contribution in [0.1, 0.15) is 42.5 Å². The van der Waals surface area contributed by atoms with Crippen molar-refractivity contribution in [1.29, 1.82) is 0 Å². The maximum atomic E-state index is 12.9. The summed E-state index contributed by atoms with van der Waals surface area (Å²) >= 11 is 0. The zero-order chi connectivity index (χ0) is 26.2. The number of benzene rings is 2. The Morgan fingerprint density at radius 3 is 2.26 bits per heavy atom. The molecule has 6 rings (SSSR count). The number of hydrogen-bond acceptors (Lipinski definition) is 5. The number of nitrogen functional groups attached to an aromatic ring is 1. The lowest BCUT2D eigenvalue weighted by molar-refractivity contribution is -0.112. The van der Waals surface area contributed by atoms with Crippen molar-refractivity contribution in [2.24, 2.45) is 7.05 Å². The number of fused-ring (bicyclic) bond motifs is 1. The van der Waals surface area contributed by atoms with E-state index in [1.165, 1.54) is 11.9 Å². The molecular weight excluding hydrogens is 476 g/mol. The minimum Gasteiger partial charge on any atom is -0.383 e. The van der Waals surface area contributed by atoms with Gasteiger partial charge in [-0.3, -0.25) is 9.59 Å². The molecule has 8 heteroatoms. The Hall–Kier alpha value is -4.46. The Morgan fingerprint density at radius 2 is 1.61 bits per heavy atom. The summed E-state index contributed by atoms with van der Waals surface area (Å²) in [6.45, 7) is 1.63. The second-order valence-electron chi connectivity index (χ2n) is 10.0. The molecule has 0 unspecified atom stereocenters. The first-order valence-corrected chi connectivity index (χ1v) is 13.1. The largest absolute Gasteiger partial charge is 0.383 e. The van der Waals surface area contributed by atoms with Gasteiger partial charge in [0.05, 0.1) is 11.1 Å². The molecular formula is C30H30N6O2. The van der Waals surface area contributed by atoms with E-state index in [9.17, 15) is 9.59 Å². The van der Waals surface area contributed by atoms with Gasteiger partial charge in [-0.2, -0.15) is 0 Å². The molecule has 4 aromatic rings. The minimum absolute atomic E-state index is 0.0700. The van der Waals surface area contributed by atoms with Crippen molar-refractivity contribution in [2.45, 2.75) is 32.1 Å². The number of rotatable bonds is 5. The molecule has 1 saturated carbocycles. The number of nitrogens with two attached hydrogens (primary N) is 1. The smallest absolute Gasteiger partial charge is 0.253 e. The summed E-state index contributed by atoms with van der Waals surface area (Å²) in [6.07, 6.45) is 8.47. The van der Waals surface area contributed by atoms with Crippen molar-refractivity contribution in [1.82, 2.24) is 19.4 Å². The zero-order valence-corrected chi connectivity index (χ0v) is 21.4. The molecule has 2 aromatic heterocycles. The molecule has 2 amide bonds. The van der Waals surface area contributed by atoms with Gasteiger partial charge in [0, 0.05) is 43.0 Å². The molecule has 0 spiro atoms. The third kappa shape index (κ3) is 4.32. The average molecular weight is 507 g/mol. The van der Waals surface area contributed by atoms with Gasteiger partial charge in [0.2, 0.25) is 5.91 Å². The molecule has 8 nitrogen and oxygen atoms in total. The molecule has 38 heavy (non-hydrogen) atoms. The van der Waals surface area contributed by atoms with Crippen LogP contribution >= 0.6 is 0 Å². The Balaban J connectivity index is 1.38.